The van der Waals surface area contributed by atoms with Gasteiger partial charge in [0.2, 0.25) is 5.89 Å². The minimum atomic E-state index is 0.530. The quantitative estimate of drug-likeness (QED) is 0.381. The van der Waals surface area contributed by atoms with Gasteiger partial charge >= 0.3 is 0 Å². The predicted molar refractivity (Wildman–Crippen MR) is 119 cm³/mol. The summed E-state index contributed by atoms with van der Waals surface area (Å²) in [6.45, 7) is 5.40. The molecule has 7 nitrogen and oxygen atoms in total. The Kier molecular flexibility index (Phi) is 5.79. The lowest BCUT2D eigenvalue weighted by Gasteiger charge is -2.09. The number of imidazole rings is 1. The highest BCUT2D eigenvalue weighted by Crippen LogP contribution is 2.19. The van der Waals surface area contributed by atoms with Gasteiger partial charge in [-0.2, -0.15) is 0 Å². The minimum Gasteiger partial charge on any atom is -0.444 e. The molecule has 7 heteroatoms. The van der Waals surface area contributed by atoms with Crippen molar-refractivity contribution in [2.75, 3.05) is 13.6 Å². The number of hydrogen-bond acceptors (Lipinski definition) is 4. The largest absolute Gasteiger partial charge is 0.444 e. The normalized spacial score (nSPS) is 11.8. The van der Waals surface area contributed by atoms with Crippen LogP contribution in [0.1, 0.15) is 22.5 Å². The zero-order valence-corrected chi connectivity index (χ0v) is 17.5. The smallest absolute Gasteiger partial charge is 0.226 e. The highest BCUT2D eigenvalue weighted by Gasteiger charge is 2.08. The summed E-state index contributed by atoms with van der Waals surface area (Å²) in [6, 6.07) is 12.2. The van der Waals surface area contributed by atoms with Crippen molar-refractivity contribution in [3.8, 4) is 11.5 Å². The molecule has 0 fully saturated rings. The van der Waals surface area contributed by atoms with Crippen molar-refractivity contribution in [2.24, 2.45) is 4.99 Å². The summed E-state index contributed by atoms with van der Waals surface area (Å²) in [5.74, 6) is 1.34. The molecule has 0 saturated carbocycles. The molecule has 0 saturated heterocycles. The summed E-state index contributed by atoms with van der Waals surface area (Å²) in [5, 5.41) is 6.60. The molecule has 154 valence electrons. The summed E-state index contributed by atoms with van der Waals surface area (Å²) in [5.41, 5.74) is 6.23. The number of hydrogen-bond donors (Lipinski definition) is 2. The summed E-state index contributed by atoms with van der Waals surface area (Å²) >= 11 is 0. The number of aliphatic imine (C=N–C) groups is 1. The van der Waals surface area contributed by atoms with Crippen molar-refractivity contribution in [3.63, 3.8) is 0 Å². The first-order valence-corrected chi connectivity index (χ1v) is 10.0. The van der Waals surface area contributed by atoms with Gasteiger partial charge in [-0.25, -0.2) is 9.97 Å². The fourth-order valence-corrected chi connectivity index (χ4v) is 3.25. The molecule has 3 heterocycles. The third kappa shape index (κ3) is 4.51. The lowest BCUT2D eigenvalue weighted by molar-refractivity contribution is 0.572. The topological polar surface area (TPSA) is 79.8 Å². The van der Waals surface area contributed by atoms with Gasteiger partial charge in [-0.05, 0) is 37.6 Å². The molecule has 1 aromatic carbocycles. The van der Waals surface area contributed by atoms with E-state index in [0.717, 1.165) is 41.5 Å². The fourth-order valence-electron chi connectivity index (χ4n) is 3.25. The molecule has 4 aromatic rings. The molecule has 0 aliphatic rings. The Morgan fingerprint density at radius 1 is 1.07 bits per heavy atom. The molecule has 2 N–H and O–H groups in total. The molecule has 0 unspecified atom stereocenters. The van der Waals surface area contributed by atoms with Crippen LogP contribution in [0.15, 0.2) is 64.5 Å². The number of aromatic nitrogens is 3. The number of benzene rings is 1. The van der Waals surface area contributed by atoms with Crippen LogP contribution in [0.5, 0.6) is 0 Å². The number of oxazole rings is 1. The fraction of sp³-hybridized carbons (Fsp3) is 0.261. The van der Waals surface area contributed by atoms with Gasteiger partial charge in [0.05, 0.1) is 17.9 Å². The third-order valence-electron chi connectivity index (χ3n) is 4.91. The van der Waals surface area contributed by atoms with Gasteiger partial charge < -0.3 is 19.5 Å². The van der Waals surface area contributed by atoms with Crippen LogP contribution in [0, 0.1) is 13.8 Å². The molecule has 0 atom stereocenters. The number of rotatable bonds is 6. The highest BCUT2D eigenvalue weighted by molar-refractivity contribution is 5.79. The lowest BCUT2D eigenvalue weighted by Crippen LogP contribution is -2.37. The first kappa shape index (κ1) is 19.7. The Morgan fingerprint density at radius 3 is 2.67 bits per heavy atom. The second-order valence-electron chi connectivity index (χ2n) is 7.27. The Balaban J connectivity index is 1.29. The van der Waals surface area contributed by atoms with E-state index in [1.165, 1.54) is 11.1 Å². The second-order valence-corrected chi connectivity index (χ2v) is 7.27. The molecule has 0 bridgehead atoms. The van der Waals surface area contributed by atoms with Crippen molar-refractivity contribution in [2.45, 2.75) is 26.8 Å². The summed E-state index contributed by atoms with van der Waals surface area (Å²) in [7, 11) is 1.75. The molecule has 0 aliphatic heterocycles. The monoisotopic (exact) mass is 402 g/mol. The van der Waals surface area contributed by atoms with Crippen LogP contribution in [-0.4, -0.2) is 33.9 Å². The van der Waals surface area contributed by atoms with Gasteiger partial charge in [0.25, 0.3) is 0 Å². The van der Waals surface area contributed by atoms with Crippen molar-refractivity contribution in [1.82, 2.24) is 25.0 Å². The first-order chi connectivity index (χ1) is 14.6. The molecular weight excluding hydrogens is 376 g/mol. The number of nitrogens with one attached hydrogen (secondary N) is 2. The molecule has 4 rings (SSSR count). The first-order valence-electron chi connectivity index (χ1n) is 10.0. The number of aryl methyl sites for hydroxylation is 2. The molecule has 0 amide bonds. The van der Waals surface area contributed by atoms with E-state index in [0.29, 0.717) is 12.4 Å². The van der Waals surface area contributed by atoms with Gasteiger partial charge in [0, 0.05) is 38.0 Å². The van der Waals surface area contributed by atoms with Crippen LogP contribution in [0.25, 0.3) is 17.1 Å². The maximum absolute atomic E-state index is 5.61. The third-order valence-corrected chi connectivity index (χ3v) is 4.91. The minimum absolute atomic E-state index is 0.530. The second kappa shape index (κ2) is 8.82. The van der Waals surface area contributed by atoms with E-state index in [1.807, 2.05) is 36.5 Å². The van der Waals surface area contributed by atoms with Crippen LogP contribution in [0.2, 0.25) is 0 Å². The zero-order valence-electron chi connectivity index (χ0n) is 17.5. The van der Waals surface area contributed by atoms with Gasteiger partial charge in [0.15, 0.2) is 5.96 Å². The van der Waals surface area contributed by atoms with Gasteiger partial charge in [-0.15, -0.1) is 0 Å². The maximum atomic E-state index is 5.61. The van der Waals surface area contributed by atoms with Crippen molar-refractivity contribution in [1.29, 1.82) is 0 Å². The molecule has 0 spiro atoms. The van der Waals surface area contributed by atoms with Gasteiger partial charge in [-0.1, -0.05) is 23.8 Å². The molecular formula is C23H26N6O. The lowest BCUT2D eigenvalue weighted by atomic mass is 10.1. The molecule has 30 heavy (non-hydrogen) atoms. The molecule has 0 aliphatic carbocycles. The average Bonchev–Trinajstić information content (AvgIpc) is 3.39. The molecule has 3 aromatic heterocycles. The van der Waals surface area contributed by atoms with E-state index in [1.54, 1.807) is 13.3 Å². The number of nitrogens with zero attached hydrogens (tertiary/aromatic N) is 4. The average molecular weight is 403 g/mol. The van der Waals surface area contributed by atoms with Gasteiger partial charge in [0.1, 0.15) is 11.9 Å². The Morgan fingerprint density at radius 2 is 1.90 bits per heavy atom. The van der Waals surface area contributed by atoms with E-state index in [2.05, 4.69) is 51.1 Å². The summed E-state index contributed by atoms with van der Waals surface area (Å²) in [4.78, 5) is 13.5. The van der Waals surface area contributed by atoms with Crippen molar-refractivity contribution >= 4 is 11.6 Å². The molecule has 0 radical (unpaired) electrons. The van der Waals surface area contributed by atoms with E-state index in [9.17, 15) is 0 Å². The number of fused-ring (bicyclic) bond motifs is 1. The maximum Gasteiger partial charge on any atom is 0.226 e. The van der Waals surface area contributed by atoms with Crippen LogP contribution in [0.3, 0.4) is 0 Å². The zero-order chi connectivity index (χ0) is 20.9. The number of pyridine rings is 1. The highest BCUT2D eigenvalue weighted by atomic mass is 16.3. The van der Waals surface area contributed by atoms with E-state index in [4.69, 9.17) is 9.40 Å². The van der Waals surface area contributed by atoms with Crippen LogP contribution >= 0.6 is 0 Å². The van der Waals surface area contributed by atoms with Gasteiger partial charge in [-0.3, -0.25) is 4.99 Å². The van der Waals surface area contributed by atoms with E-state index >= 15 is 0 Å². The summed E-state index contributed by atoms with van der Waals surface area (Å²) in [6.07, 6.45) is 6.58. The van der Waals surface area contributed by atoms with Crippen LogP contribution < -0.4 is 10.6 Å². The van der Waals surface area contributed by atoms with Crippen molar-refractivity contribution in [3.05, 3.63) is 77.6 Å². The van der Waals surface area contributed by atoms with Crippen LogP contribution in [0.4, 0.5) is 0 Å². The SMILES string of the molecule is CN=C(NCCc1cn2cccc(C)c2n1)NCc1coc(-c2ccc(C)cc2)n1. The van der Waals surface area contributed by atoms with Crippen LogP contribution in [-0.2, 0) is 13.0 Å². The van der Waals surface area contributed by atoms with E-state index < -0.39 is 0 Å². The summed E-state index contributed by atoms with van der Waals surface area (Å²) < 4.78 is 7.68. The van der Waals surface area contributed by atoms with E-state index in [-0.39, 0.29) is 0 Å². The Bertz CT molecular complexity index is 1160. The standard InChI is InChI=1S/C23H26N6O/c1-16-6-8-18(9-7-16)22-28-20(15-30-22)13-26-23(24-3)25-11-10-19-14-29-12-4-5-17(2)21(29)27-19/h4-9,12,14-15H,10-11,13H2,1-3H3,(H2,24,25,26). The predicted octanol–water partition coefficient (Wildman–Crippen LogP) is 3.51. The van der Waals surface area contributed by atoms with Crippen molar-refractivity contribution < 1.29 is 4.42 Å². The Labute approximate surface area is 175 Å². The Hall–Kier alpha value is -3.61. The number of guanidine groups is 1.